The largest absolute Gasteiger partial charge is 0.381 e. The van der Waals surface area contributed by atoms with Crippen LogP contribution >= 0.6 is 0 Å². The third-order valence-electron chi connectivity index (χ3n) is 3.06. The molecule has 0 aliphatic carbocycles. The Balaban J connectivity index is 1.57. The Labute approximate surface area is 113 Å². The fourth-order valence-electron chi connectivity index (χ4n) is 1.98. The minimum absolute atomic E-state index is 0.564. The molecule has 0 saturated carbocycles. The van der Waals surface area contributed by atoms with Crippen LogP contribution < -0.4 is 5.32 Å². The van der Waals surface area contributed by atoms with Crippen LogP contribution in [0.2, 0.25) is 0 Å². The average molecular weight is 261 g/mol. The van der Waals surface area contributed by atoms with E-state index in [2.05, 4.69) is 16.4 Å². The van der Waals surface area contributed by atoms with E-state index in [4.69, 9.17) is 14.7 Å². The SMILES string of the molecule is N#Cc1cccnc1NCCCOC[C@@H]1CCOC1. The van der Waals surface area contributed by atoms with E-state index in [1.54, 1.807) is 18.3 Å². The molecule has 0 spiro atoms. The maximum absolute atomic E-state index is 8.91. The van der Waals surface area contributed by atoms with Gasteiger partial charge in [0.05, 0.1) is 18.8 Å². The lowest BCUT2D eigenvalue weighted by atomic mass is 10.1. The fourth-order valence-corrected chi connectivity index (χ4v) is 1.98. The monoisotopic (exact) mass is 261 g/mol. The molecule has 1 fully saturated rings. The lowest BCUT2D eigenvalue weighted by Gasteiger charge is -2.09. The van der Waals surface area contributed by atoms with E-state index < -0.39 is 0 Å². The summed E-state index contributed by atoms with van der Waals surface area (Å²) >= 11 is 0. The molecule has 2 heterocycles. The van der Waals surface area contributed by atoms with Gasteiger partial charge in [0.25, 0.3) is 0 Å². The summed E-state index contributed by atoms with van der Waals surface area (Å²) < 4.78 is 10.9. The Kier molecular flexibility index (Phi) is 5.60. The molecule has 1 aromatic rings. The first-order valence-corrected chi connectivity index (χ1v) is 6.64. The Bertz CT molecular complexity index is 425. The molecule has 5 nitrogen and oxygen atoms in total. The van der Waals surface area contributed by atoms with Gasteiger partial charge in [0.1, 0.15) is 11.9 Å². The lowest BCUT2D eigenvalue weighted by molar-refractivity contribution is 0.0897. The molecule has 1 aromatic heterocycles. The Morgan fingerprint density at radius 2 is 2.53 bits per heavy atom. The highest BCUT2D eigenvalue weighted by molar-refractivity contribution is 5.50. The molecule has 0 aromatic carbocycles. The molecule has 2 rings (SSSR count). The van der Waals surface area contributed by atoms with Crippen molar-refractivity contribution < 1.29 is 9.47 Å². The number of nitrogens with zero attached hydrogens (tertiary/aromatic N) is 2. The summed E-state index contributed by atoms with van der Waals surface area (Å²) in [6.45, 7) is 3.96. The minimum Gasteiger partial charge on any atom is -0.381 e. The van der Waals surface area contributed by atoms with Crippen LogP contribution in [0.3, 0.4) is 0 Å². The summed E-state index contributed by atoms with van der Waals surface area (Å²) in [5.74, 6) is 1.21. The van der Waals surface area contributed by atoms with Crippen LogP contribution in [0, 0.1) is 17.2 Å². The molecular formula is C14H19N3O2. The van der Waals surface area contributed by atoms with Gasteiger partial charge >= 0.3 is 0 Å². The normalized spacial score (nSPS) is 18.2. The molecule has 5 heteroatoms. The van der Waals surface area contributed by atoms with E-state index in [9.17, 15) is 0 Å². The predicted octanol–water partition coefficient (Wildman–Crippen LogP) is 1.81. The molecule has 0 amide bonds. The molecule has 1 aliphatic heterocycles. The Morgan fingerprint density at radius 1 is 1.58 bits per heavy atom. The van der Waals surface area contributed by atoms with Crippen molar-refractivity contribution in [2.75, 3.05) is 38.3 Å². The molecule has 1 saturated heterocycles. The van der Waals surface area contributed by atoms with E-state index in [0.29, 0.717) is 17.3 Å². The highest BCUT2D eigenvalue weighted by Crippen LogP contribution is 2.12. The van der Waals surface area contributed by atoms with E-state index >= 15 is 0 Å². The van der Waals surface area contributed by atoms with Crippen molar-refractivity contribution in [1.29, 1.82) is 5.26 Å². The Hall–Kier alpha value is -1.64. The maximum atomic E-state index is 8.91. The third kappa shape index (κ3) is 4.51. The van der Waals surface area contributed by atoms with Crippen molar-refractivity contribution in [2.45, 2.75) is 12.8 Å². The number of hydrogen-bond acceptors (Lipinski definition) is 5. The van der Waals surface area contributed by atoms with Crippen molar-refractivity contribution in [3.63, 3.8) is 0 Å². The van der Waals surface area contributed by atoms with Gasteiger partial charge < -0.3 is 14.8 Å². The molecule has 0 bridgehead atoms. The number of hydrogen-bond donors (Lipinski definition) is 1. The van der Waals surface area contributed by atoms with Crippen molar-refractivity contribution in [2.24, 2.45) is 5.92 Å². The van der Waals surface area contributed by atoms with Gasteiger partial charge in [-0.15, -0.1) is 0 Å². The topological polar surface area (TPSA) is 67.2 Å². The van der Waals surface area contributed by atoms with Crippen molar-refractivity contribution in [3.05, 3.63) is 23.9 Å². The van der Waals surface area contributed by atoms with Crippen LogP contribution in [0.25, 0.3) is 0 Å². The summed E-state index contributed by atoms with van der Waals surface area (Å²) in [5, 5.41) is 12.1. The molecule has 0 radical (unpaired) electrons. The first-order chi connectivity index (χ1) is 9.40. The van der Waals surface area contributed by atoms with Crippen LogP contribution in [-0.2, 0) is 9.47 Å². The van der Waals surface area contributed by atoms with Gasteiger partial charge in [-0.1, -0.05) is 0 Å². The van der Waals surface area contributed by atoms with Crippen LogP contribution in [0.5, 0.6) is 0 Å². The zero-order valence-electron chi connectivity index (χ0n) is 11.0. The summed E-state index contributed by atoms with van der Waals surface area (Å²) in [6.07, 6.45) is 3.69. The van der Waals surface area contributed by atoms with Crippen LogP contribution in [0.1, 0.15) is 18.4 Å². The number of anilines is 1. The summed E-state index contributed by atoms with van der Waals surface area (Å²) in [5.41, 5.74) is 0.575. The minimum atomic E-state index is 0.564. The highest BCUT2D eigenvalue weighted by atomic mass is 16.5. The van der Waals surface area contributed by atoms with Gasteiger partial charge in [-0.25, -0.2) is 4.98 Å². The zero-order chi connectivity index (χ0) is 13.3. The quantitative estimate of drug-likeness (QED) is 0.758. The van der Waals surface area contributed by atoms with E-state index in [1.165, 1.54) is 0 Å². The molecular weight excluding hydrogens is 242 g/mol. The summed E-state index contributed by atoms with van der Waals surface area (Å²) in [6, 6.07) is 5.63. The number of rotatable bonds is 7. The number of ether oxygens (including phenoxy) is 2. The average Bonchev–Trinajstić information content (AvgIpc) is 2.96. The number of nitrogens with one attached hydrogen (secondary N) is 1. The van der Waals surface area contributed by atoms with Gasteiger partial charge in [0, 0.05) is 31.9 Å². The number of aromatic nitrogens is 1. The van der Waals surface area contributed by atoms with Gasteiger partial charge in [-0.2, -0.15) is 5.26 Å². The molecule has 1 atom stereocenters. The maximum Gasteiger partial charge on any atom is 0.143 e. The molecule has 1 N–H and O–H groups in total. The summed E-state index contributed by atoms with van der Waals surface area (Å²) in [4.78, 5) is 4.14. The second kappa shape index (κ2) is 7.72. The van der Waals surface area contributed by atoms with E-state index in [-0.39, 0.29) is 0 Å². The molecule has 19 heavy (non-hydrogen) atoms. The highest BCUT2D eigenvalue weighted by Gasteiger charge is 2.15. The van der Waals surface area contributed by atoms with E-state index in [1.807, 2.05) is 0 Å². The second-order valence-corrected chi connectivity index (χ2v) is 4.60. The van der Waals surface area contributed by atoms with Crippen molar-refractivity contribution in [1.82, 2.24) is 4.98 Å². The fraction of sp³-hybridized carbons (Fsp3) is 0.571. The Morgan fingerprint density at radius 3 is 3.32 bits per heavy atom. The standard InChI is InChI=1S/C14H19N3O2/c15-9-13-3-1-5-16-14(13)17-6-2-7-18-10-12-4-8-19-11-12/h1,3,5,12H,2,4,6-8,10-11H2,(H,16,17)/t12-/m0/s1. The van der Waals surface area contributed by atoms with Gasteiger partial charge in [-0.05, 0) is 25.0 Å². The van der Waals surface area contributed by atoms with Crippen LogP contribution in [-0.4, -0.2) is 38.0 Å². The first-order valence-electron chi connectivity index (χ1n) is 6.64. The van der Waals surface area contributed by atoms with Crippen LogP contribution in [0.15, 0.2) is 18.3 Å². The van der Waals surface area contributed by atoms with Crippen molar-refractivity contribution >= 4 is 5.82 Å². The first kappa shape index (κ1) is 13.8. The van der Waals surface area contributed by atoms with Gasteiger partial charge in [0.15, 0.2) is 0 Å². The number of pyridine rings is 1. The van der Waals surface area contributed by atoms with Gasteiger partial charge in [0.2, 0.25) is 0 Å². The molecule has 0 unspecified atom stereocenters. The third-order valence-corrected chi connectivity index (χ3v) is 3.06. The lowest BCUT2D eigenvalue weighted by Crippen LogP contribution is -2.12. The van der Waals surface area contributed by atoms with Crippen LogP contribution in [0.4, 0.5) is 5.82 Å². The molecule has 1 aliphatic rings. The summed E-state index contributed by atoms with van der Waals surface area (Å²) in [7, 11) is 0. The smallest absolute Gasteiger partial charge is 0.143 e. The second-order valence-electron chi connectivity index (χ2n) is 4.60. The zero-order valence-corrected chi connectivity index (χ0v) is 11.0. The number of nitriles is 1. The predicted molar refractivity (Wildman–Crippen MR) is 71.8 cm³/mol. The van der Waals surface area contributed by atoms with E-state index in [0.717, 1.165) is 45.8 Å². The van der Waals surface area contributed by atoms with Crippen molar-refractivity contribution in [3.8, 4) is 6.07 Å². The van der Waals surface area contributed by atoms with Gasteiger partial charge in [-0.3, -0.25) is 0 Å². The molecule has 102 valence electrons.